The summed E-state index contributed by atoms with van der Waals surface area (Å²) in [4.78, 5) is 24.9. The largest absolute Gasteiger partial charge is 0.424 e. The number of carbonyl (C=O) groups is 2. The van der Waals surface area contributed by atoms with E-state index in [9.17, 15) is 35.9 Å². The summed E-state index contributed by atoms with van der Waals surface area (Å²) in [5.41, 5.74) is -4.28. The maximum absolute atomic E-state index is 13.0. The molecule has 0 saturated carbocycles. The highest BCUT2D eigenvalue weighted by Gasteiger charge is 2.37. The fourth-order valence-corrected chi connectivity index (χ4v) is 3.82. The summed E-state index contributed by atoms with van der Waals surface area (Å²) in [6, 6.07) is 3.62. The molecule has 13 heteroatoms. The molecule has 1 aliphatic heterocycles. The fourth-order valence-electron chi connectivity index (χ4n) is 2.72. The summed E-state index contributed by atoms with van der Waals surface area (Å²) in [5.74, 6) is -1.12. The van der Waals surface area contributed by atoms with Crippen molar-refractivity contribution in [2.45, 2.75) is 18.4 Å². The minimum absolute atomic E-state index is 0.0320. The minimum atomic E-state index is -5.08. The normalized spacial score (nSPS) is 16.7. The number of anilines is 1. The van der Waals surface area contributed by atoms with Gasteiger partial charge in [-0.2, -0.15) is 26.3 Å². The van der Waals surface area contributed by atoms with Crippen molar-refractivity contribution >= 4 is 40.9 Å². The molecule has 0 radical (unpaired) electrons. The van der Waals surface area contributed by atoms with Crippen molar-refractivity contribution in [2.75, 3.05) is 16.9 Å². The van der Waals surface area contributed by atoms with Gasteiger partial charge >= 0.3 is 18.3 Å². The summed E-state index contributed by atoms with van der Waals surface area (Å²) < 4.78 is 83.5. The highest BCUT2D eigenvalue weighted by molar-refractivity contribution is 7.99. The molecule has 172 valence electrons. The molecule has 0 spiro atoms. The zero-order valence-electron chi connectivity index (χ0n) is 15.7. The fraction of sp³-hybridized carbons (Fsp3) is 0.263. The van der Waals surface area contributed by atoms with Gasteiger partial charge in [-0.05, 0) is 36.4 Å². The Kier molecular flexibility index (Phi) is 6.96. The Balaban J connectivity index is 1.91. The second-order valence-corrected chi connectivity index (χ2v) is 8.05. The molecule has 1 amide bonds. The van der Waals surface area contributed by atoms with Gasteiger partial charge in [-0.25, -0.2) is 4.79 Å². The van der Waals surface area contributed by atoms with Gasteiger partial charge < -0.3 is 10.1 Å². The summed E-state index contributed by atoms with van der Waals surface area (Å²) in [6.45, 7) is 0. The highest BCUT2D eigenvalue weighted by atomic mass is 35.5. The average Bonchev–Trinajstić information content (AvgIpc) is 3.22. The summed E-state index contributed by atoms with van der Waals surface area (Å²) in [6.07, 6.45) is -10.2. The van der Waals surface area contributed by atoms with Crippen molar-refractivity contribution in [1.82, 2.24) is 5.32 Å². The van der Waals surface area contributed by atoms with Gasteiger partial charge in [0.05, 0.1) is 16.7 Å². The maximum atomic E-state index is 13.0. The molecule has 5 nitrogen and oxygen atoms in total. The molecule has 0 aliphatic carbocycles. The smallest absolute Gasteiger partial charge is 0.416 e. The van der Waals surface area contributed by atoms with Gasteiger partial charge in [0.25, 0.3) is 5.91 Å². The van der Waals surface area contributed by atoms with Gasteiger partial charge in [0.2, 0.25) is 0 Å². The first-order chi connectivity index (χ1) is 14.8. The summed E-state index contributed by atoms with van der Waals surface area (Å²) >= 11 is 7.31. The molecule has 0 aromatic heterocycles. The van der Waals surface area contributed by atoms with E-state index in [0.717, 1.165) is 6.07 Å². The van der Waals surface area contributed by atoms with Gasteiger partial charge in [-0.15, -0.1) is 11.8 Å². The summed E-state index contributed by atoms with van der Waals surface area (Å²) in [5, 5.41) is 4.88. The molecule has 1 atom stereocenters. The molecule has 1 unspecified atom stereocenters. The van der Waals surface area contributed by atoms with Crippen LogP contribution < -0.4 is 15.4 Å². The molecule has 2 N–H and O–H groups in total. The van der Waals surface area contributed by atoms with E-state index in [4.69, 9.17) is 16.3 Å². The van der Waals surface area contributed by atoms with Crippen molar-refractivity contribution < 1.29 is 40.7 Å². The summed E-state index contributed by atoms with van der Waals surface area (Å²) in [7, 11) is 0. The van der Waals surface area contributed by atoms with Crippen LogP contribution in [0.15, 0.2) is 36.4 Å². The van der Waals surface area contributed by atoms with Crippen molar-refractivity contribution in [1.29, 1.82) is 0 Å². The highest BCUT2D eigenvalue weighted by Crippen LogP contribution is 2.38. The number of thioether (sulfide) groups is 1. The Morgan fingerprint density at radius 2 is 1.66 bits per heavy atom. The van der Waals surface area contributed by atoms with Crippen LogP contribution in [0.3, 0.4) is 0 Å². The predicted octanol–water partition coefficient (Wildman–Crippen LogP) is 5.20. The van der Waals surface area contributed by atoms with Crippen LogP contribution in [0, 0.1) is 0 Å². The lowest BCUT2D eigenvalue weighted by Crippen LogP contribution is -2.36. The Labute approximate surface area is 186 Å². The third kappa shape index (κ3) is 5.87. The number of hydrogen-bond acceptors (Lipinski definition) is 5. The zero-order chi connectivity index (χ0) is 23.7. The van der Waals surface area contributed by atoms with Crippen LogP contribution in [0.25, 0.3) is 0 Å². The van der Waals surface area contributed by atoms with Crippen LogP contribution in [0.2, 0.25) is 5.02 Å². The lowest BCUT2D eigenvalue weighted by Gasteiger charge is -2.16. The molecular weight excluding hydrogens is 486 g/mol. The van der Waals surface area contributed by atoms with Crippen LogP contribution in [-0.2, 0) is 17.1 Å². The molecule has 1 heterocycles. The van der Waals surface area contributed by atoms with Gasteiger partial charge in [0, 0.05) is 22.3 Å². The number of hydrogen-bond donors (Lipinski definition) is 2. The van der Waals surface area contributed by atoms with E-state index in [-0.39, 0.29) is 22.4 Å². The van der Waals surface area contributed by atoms with Gasteiger partial charge in [0.15, 0.2) is 0 Å². The number of rotatable bonds is 4. The Morgan fingerprint density at radius 1 is 1.03 bits per heavy atom. The third-order valence-electron chi connectivity index (χ3n) is 4.24. The lowest BCUT2D eigenvalue weighted by molar-refractivity contribution is -0.143. The number of halogens is 7. The molecule has 2 aromatic carbocycles. The first-order valence-electron chi connectivity index (χ1n) is 8.78. The topological polar surface area (TPSA) is 67.4 Å². The van der Waals surface area contributed by atoms with Crippen molar-refractivity contribution in [3.63, 3.8) is 0 Å². The number of benzene rings is 2. The van der Waals surface area contributed by atoms with Crippen LogP contribution in [0.5, 0.6) is 5.75 Å². The molecule has 32 heavy (non-hydrogen) atoms. The van der Waals surface area contributed by atoms with Gasteiger partial charge in [0.1, 0.15) is 11.8 Å². The number of alkyl halides is 6. The third-order valence-corrected chi connectivity index (χ3v) is 5.42. The van der Waals surface area contributed by atoms with E-state index in [1.807, 2.05) is 5.32 Å². The van der Waals surface area contributed by atoms with E-state index in [1.54, 1.807) is 0 Å². The second-order valence-electron chi connectivity index (χ2n) is 6.58. The molecule has 1 fully saturated rings. The molecule has 1 aliphatic rings. The standard InChI is InChI=1S/C19H13ClF6N2O3S/c20-11-1-2-15(31-17(30)14-7-32-8-27-14)13(6-11)16(29)28-12-4-9(18(21,22)23)3-10(5-12)19(24,25)26/h1-6,14,27H,7-8H2,(H,28,29). The van der Waals surface area contributed by atoms with Gasteiger partial charge in [-0.1, -0.05) is 11.6 Å². The Bertz CT molecular complexity index is 1010. The van der Waals surface area contributed by atoms with E-state index in [1.165, 1.54) is 23.9 Å². The number of nitrogens with one attached hydrogen (secondary N) is 2. The maximum Gasteiger partial charge on any atom is 0.416 e. The van der Waals surface area contributed by atoms with Crippen molar-refractivity contribution in [3.8, 4) is 5.75 Å². The van der Waals surface area contributed by atoms with E-state index >= 15 is 0 Å². The molecule has 3 rings (SSSR count). The molecule has 2 aromatic rings. The SMILES string of the molecule is O=C(Nc1cc(C(F)(F)F)cc(C(F)(F)F)c1)c1cc(Cl)ccc1OC(=O)C1CSCN1. The van der Waals surface area contributed by atoms with Crippen molar-refractivity contribution in [3.05, 3.63) is 58.1 Å². The predicted molar refractivity (Wildman–Crippen MR) is 106 cm³/mol. The number of amides is 1. The van der Waals surface area contributed by atoms with E-state index < -0.39 is 47.1 Å². The minimum Gasteiger partial charge on any atom is -0.424 e. The Morgan fingerprint density at radius 3 is 2.19 bits per heavy atom. The zero-order valence-corrected chi connectivity index (χ0v) is 17.3. The van der Waals surface area contributed by atoms with Crippen LogP contribution >= 0.6 is 23.4 Å². The van der Waals surface area contributed by atoms with Crippen molar-refractivity contribution in [2.24, 2.45) is 0 Å². The van der Waals surface area contributed by atoms with E-state index in [0.29, 0.717) is 23.8 Å². The molecule has 0 bridgehead atoms. The first-order valence-corrected chi connectivity index (χ1v) is 10.3. The number of esters is 1. The van der Waals surface area contributed by atoms with E-state index in [2.05, 4.69) is 5.32 Å². The number of carbonyl (C=O) groups excluding carboxylic acids is 2. The second kappa shape index (κ2) is 9.20. The van der Waals surface area contributed by atoms with Crippen LogP contribution in [0.4, 0.5) is 32.0 Å². The first kappa shape index (κ1) is 24.2. The molecule has 1 saturated heterocycles. The lowest BCUT2D eigenvalue weighted by atomic mass is 10.1. The number of ether oxygens (including phenoxy) is 1. The van der Waals surface area contributed by atoms with Crippen LogP contribution in [0.1, 0.15) is 21.5 Å². The monoisotopic (exact) mass is 498 g/mol. The quantitative estimate of drug-likeness (QED) is 0.345. The van der Waals surface area contributed by atoms with Crippen LogP contribution in [-0.4, -0.2) is 29.5 Å². The Hall–Kier alpha value is -2.44. The average molecular weight is 499 g/mol. The molecular formula is C19H13ClF6N2O3S. The van der Waals surface area contributed by atoms with Gasteiger partial charge in [-0.3, -0.25) is 10.1 Å².